The monoisotopic (exact) mass is 388 g/mol. The molecule has 1 aromatic heterocycles. The molecule has 0 saturated carbocycles. The number of rotatable bonds is 8. The van der Waals surface area contributed by atoms with Crippen molar-refractivity contribution in [2.45, 2.75) is 32.1 Å². The fraction of sp³-hybridized carbons (Fsp3) is 0.389. The maximum atomic E-state index is 12.8. The Labute approximate surface area is 154 Å². The van der Waals surface area contributed by atoms with Crippen molar-refractivity contribution in [1.82, 2.24) is 10.2 Å². The molecule has 8 heteroatoms. The first-order valence-electron chi connectivity index (χ1n) is 8.14. The number of alkyl halides is 3. The van der Waals surface area contributed by atoms with Gasteiger partial charge in [-0.15, -0.1) is 0 Å². The molecule has 0 radical (unpaired) electrons. The van der Waals surface area contributed by atoms with Gasteiger partial charge >= 0.3 is 6.18 Å². The second-order valence-electron chi connectivity index (χ2n) is 5.84. The minimum Gasteiger partial charge on any atom is -0.467 e. The Kier molecular flexibility index (Phi) is 7.11. The Morgan fingerprint density at radius 2 is 1.96 bits per heavy atom. The molecular formula is C18H20ClF3N2O2. The van der Waals surface area contributed by atoms with Crippen LogP contribution in [0.1, 0.15) is 30.7 Å². The van der Waals surface area contributed by atoms with E-state index in [4.69, 9.17) is 16.0 Å². The van der Waals surface area contributed by atoms with Crippen LogP contribution in [0.4, 0.5) is 13.2 Å². The van der Waals surface area contributed by atoms with Gasteiger partial charge in [-0.2, -0.15) is 13.2 Å². The first kappa shape index (κ1) is 20.3. The van der Waals surface area contributed by atoms with E-state index in [9.17, 15) is 18.0 Å². The Morgan fingerprint density at radius 3 is 2.50 bits per heavy atom. The zero-order chi connectivity index (χ0) is 19.2. The van der Waals surface area contributed by atoms with Crippen LogP contribution in [0, 0.1) is 0 Å². The standard InChI is InChI=1S/C18H20ClF3N2O2/c1-2-16(13-5-7-14(19)8-6-13)23-10-17(25)24(12-18(20,21)22)11-15-4-3-9-26-15/h3-9,16,23H,2,10-12H2,1H3. The number of halogens is 4. The second kappa shape index (κ2) is 9.09. The molecule has 0 aliphatic rings. The van der Waals surface area contributed by atoms with Crippen molar-refractivity contribution in [1.29, 1.82) is 0 Å². The third-order valence-corrected chi connectivity index (χ3v) is 4.08. The van der Waals surface area contributed by atoms with E-state index >= 15 is 0 Å². The van der Waals surface area contributed by atoms with Crippen LogP contribution in [-0.2, 0) is 11.3 Å². The van der Waals surface area contributed by atoms with Gasteiger partial charge in [0.15, 0.2) is 0 Å². The number of hydrogen-bond acceptors (Lipinski definition) is 3. The van der Waals surface area contributed by atoms with E-state index in [1.54, 1.807) is 18.2 Å². The van der Waals surface area contributed by atoms with Crippen molar-refractivity contribution < 1.29 is 22.4 Å². The molecule has 1 aromatic carbocycles. The molecule has 142 valence electrons. The molecule has 1 heterocycles. The highest BCUT2D eigenvalue weighted by molar-refractivity contribution is 6.30. The molecule has 0 aliphatic heterocycles. The topological polar surface area (TPSA) is 45.5 Å². The van der Waals surface area contributed by atoms with Crippen LogP contribution in [0.15, 0.2) is 47.1 Å². The van der Waals surface area contributed by atoms with E-state index in [2.05, 4.69) is 5.32 Å². The first-order valence-corrected chi connectivity index (χ1v) is 8.52. The molecule has 0 saturated heterocycles. The molecule has 1 atom stereocenters. The lowest BCUT2D eigenvalue weighted by atomic mass is 10.0. The molecule has 0 spiro atoms. The predicted molar refractivity (Wildman–Crippen MR) is 92.7 cm³/mol. The molecule has 4 nitrogen and oxygen atoms in total. The lowest BCUT2D eigenvalue weighted by molar-refractivity contribution is -0.162. The second-order valence-corrected chi connectivity index (χ2v) is 6.27. The summed E-state index contributed by atoms with van der Waals surface area (Å²) in [5.74, 6) is -0.349. The quantitative estimate of drug-likeness (QED) is 0.720. The van der Waals surface area contributed by atoms with E-state index in [-0.39, 0.29) is 19.1 Å². The number of amides is 1. The lowest BCUT2D eigenvalue weighted by Gasteiger charge is -2.25. The zero-order valence-electron chi connectivity index (χ0n) is 14.2. The summed E-state index contributed by atoms with van der Waals surface area (Å²) < 4.78 is 43.5. The maximum absolute atomic E-state index is 12.8. The zero-order valence-corrected chi connectivity index (χ0v) is 15.0. The Morgan fingerprint density at radius 1 is 1.27 bits per heavy atom. The summed E-state index contributed by atoms with van der Waals surface area (Å²) in [5, 5.41) is 3.61. The van der Waals surface area contributed by atoms with E-state index in [1.165, 1.54) is 12.3 Å². The fourth-order valence-corrected chi connectivity index (χ4v) is 2.68. The van der Waals surface area contributed by atoms with Crippen molar-refractivity contribution in [3.05, 3.63) is 59.0 Å². The third-order valence-electron chi connectivity index (χ3n) is 3.83. The molecule has 1 amide bonds. The van der Waals surface area contributed by atoms with Crippen molar-refractivity contribution in [2.75, 3.05) is 13.1 Å². The van der Waals surface area contributed by atoms with Gasteiger partial charge < -0.3 is 14.6 Å². The van der Waals surface area contributed by atoms with Gasteiger partial charge in [-0.05, 0) is 36.2 Å². The molecule has 2 aromatic rings. The Bertz CT molecular complexity index is 687. The summed E-state index contributed by atoms with van der Waals surface area (Å²) in [6, 6.07) is 10.1. The van der Waals surface area contributed by atoms with Crippen molar-refractivity contribution in [3.8, 4) is 0 Å². The van der Waals surface area contributed by atoms with E-state index in [0.29, 0.717) is 17.2 Å². The Balaban J connectivity index is 2.01. The summed E-state index contributed by atoms with van der Waals surface area (Å²) in [6.07, 6.45) is -2.45. The highest BCUT2D eigenvalue weighted by Crippen LogP contribution is 2.20. The SMILES string of the molecule is CCC(NCC(=O)N(Cc1ccco1)CC(F)(F)F)c1ccc(Cl)cc1. The normalized spacial score (nSPS) is 12.8. The molecule has 2 rings (SSSR count). The number of nitrogens with one attached hydrogen (secondary N) is 1. The van der Waals surface area contributed by atoms with Gasteiger partial charge in [-0.3, -0.25) is 4.79 Å². The largest absolute Gasteiger partial charge is 0.467 e. The highest BCUT2D eigenvalue weighted by Gasteiger charge is 2.33. The summed E-state index contributed by atoms with van der Waals surface area (Å²) in [4.78, 5) is 13.1. The number of nitrogens with zero attached hydrogens (tertiary/aromatic N) is 1. The van der Waals surface area contributed by atoms with Crippen LogP contribution in [0.3, 0.4) is 0 Å². The minimum absolute atomic E-state index is 0.160. The summed E-state index contributed by atoms with van der Waals surface area (Å²) >= 11 is 5.86. The molecular weight excluding hydrogens is 369 g/mol. The lowest BCUT2D eigenvalue weighted by Crippen LogP contribution is -2.43. The van der Waals surface area contributed by atoms with E-state index in [0.717, 1.165) is 10.5 Å². The van der Waals surface area contributed by atoms with Gasteiger partial charge in [-0.25, -0.2) is 0 Å². The Hall–Kier alpha value is -1.99. The average molecular weight is 389 g/mol. The van der Waals surface area contributed by atoms with Crippen molar-refractivity contribution in [2.24, 2.45) is 0 Å². The van der Waals surface area contributed by atoms with E-state index < -0.39 is 18.6 Å². The molecule has 0 aliphatic carbocycles. The molecule has 0 bridgehead atoms. The van der Waals surface area contributed by atoms with Gasteiger partial charge in [0.05, 0.1) is 19.4 Å². The highest BCUT2D eigenvalue weighted by atomic mass is 35.5. The molecule has 0 fully saturated rings. The van der Waals surface area contributed by atoms with Crippen LogP contribution in [-0.4, -0.2) is 30.1 Å². The van der Waals surface area contributed by atoms with Gasteiger partial charge in [0.25, 0.3) is 0 Å². The molecule has 1 N–H and O–H groups in total. The van der Waals surface area contributed by atoms with Gasteiger partial charge in [0.2, 0.25) is 5.91 Å². The number of hydrogen-bond donors (Lipinski definition) is 1. The third kappa shape index (κ3) is 6.38. The summed E-state index contributed by atoms with van der Waals surface area (Å²) in [6.45, 7) is 0.154. The van der Waals surface area contributed by atoms with Crippen LogP contribution in [0.5, 0.6) is 0 Å². The predicted octanol–water partition coefficient (Wildman–Crippen LogP) is 4.56. The molecule has 1 unspecified atom stereocenters. The van der Waals surface area contributed by atoms with Crippen LogP contribution >= 0.6 is 11.6 Å². The maximum Gasteiger partial charge on any atom is 0.406 e. The number of carbonyl (C=O) groups excluding carboxylic acids is 1. The number of furan rings is 1. The van der Waals surface area contributed by atoms with Crippen molar-refractivity contribution >= 4 is 17.5 Å². The smallest absolute Gasteiger partial charge is 0.406 e. The van der Waals surface area contributed by atoms with Gasteiger partial charge in [-0.1, -0.05) is 30.7 Å². The fourth-order valence-electron chi connectivity index (χ4n) is 2.55. The van der Waals surface area contributed by atoms with Crippen LogP contribution in [0.25, 0.3) is 0 Å². The van der Waals surface area contributed by atoms with Crippen LogP contribution < -0.4 is 5.32 Å². The summed E-state index contributed by atoms with van der Waals surface area (Å²) in [5.41, 5.74) is 0.915. The minimum atomic E-state index is -4.48. The van der Waals surface area contributed by atoms with Gasteiger partial charge in [0.1, 0.15) is 12.3 Å². The number of benzene rings is 1. The van der Waals surface area contributed by atoms with Crippen molar-refractivity contribution in [3.63, 3.8) is 0 Å². The van der Waals surface area contributed by atoms with E-state index in [1.807, 2.05) is 19.1 Å². The average Bonchev–Trinajstić information content (AvgIpc) is 3.08. The van der Waals surface area contributed by atoms with Crippen LogP contribution in [0.2, 0.25) is 5.02 Å². The van der Waals surface area contributed by atoms with Gasteiger partial charge in [0, 0.05) is 11.1 Å². The number of carbonyl (C=O) groups is 1. The first-order chi connectivity index (χ1) is 12.3. The summed E-state index contributed by atoms with van der Waals surface area (Å²) in [7, 11) is 0. The molecule has 26 heavy (non-hydrogen) atoms.